The molecule has 6 nitrogen and oxygen atoms in total. The summed E-state index contributed by atoms with van der Waals surface area (Å²) in [5.41, 5.74) is 2.72. The number of benzene rings is 1. The zero-order chi connectivity index (χ0) is 16.9. The standard InChI is InChI=1S/C18H21N5O/c1-13(2)18(24)20-11-10-19-17-12-15(14-6-4-3-5-7-14)22-16-8-9-21-23(16)17/h3-9,12-13,19H,10-11H2,1-2H3,(H,20,24). The molecule has 0 atom stereocenters. The van der Waals surface area contributed by atoms with Crippen molar-refractivity contribution in [2.45, 2.75) is 13.8 Å². The minimum absolute atomic E-state index is 0.00608. The van der Waals surface area contributed by atoms with Crippen molar-refractivity contribution >= 4 is 17.4 Å². The van der Waals surface area contributed by atoms with Crippen LogP contribution in [0.4, 0.5) is 5.82 Å². The molecule has 2 N–H and O–H groups in total. The molecule has 2 aromatic heterocycles. The van der Waals surface area contributed by atoms with E-state index in [0.29, 0.717) is 13.1 Å². The summed E-state index contributed by atoms with van der Waals surface area (Å²) in [5.74, 6) is 0.900. The number of rotatable bonds is 6. The van der Waals surface area contributed by atoms with Crippen LogP contribution in [0, 0.1) is 5.92 Å². The highest BCUT2D eigenvalue weighted by molar-refractivity contribution is 5.77. The molecule has 6 heteroatoms. The summed E-state index contributed by atoms with van der Waals surface area (Å²) in [7, 11) is 0. The van der Waals surface area contributed by atoms with Crippen LogP contribution in [0.3, 0.4) is 0 Å². The van der Waals surface area contributed by atoms with Gasteiger partial charge in [-0.2, -0.15) is 9.61 Å². The van der Waals surface area contributed by atoms with E-state index in [-0.39, 0.29) is 11.8 Å². The fourth-order valence-electron chi connectivity index (χ4n) is 2.38. The number of amides is 1. The van der Waals surface area contributed by atoms with Gasteiger partial charge in [0.1, 0.15) is 5.82 Å². The summed E-state index contributed by atoms with van der Waals surface area (Å²) >= 11 is 0. The maximum Gasteiger partial charge on any atom is 0.222 e. The first-order chi connectivity index (χ1) is 11.6. The molecule has 0 saturated carbocycles. The van der Waals surface area contributed by atoms with Crippen molar-refractivity contribution in [1.82, 2.24) is 19.9 Å². The maximum atomic E-state index is 11.6. The molecule has 0 aliphatic rings. The van der Waals surface area contributed by atoms with Crippen LogP contribution in [-0.4, -0.2) is 33.6 Å². The largest absolute Gasteiger partial charge is 0.368 e. The second-order valence-electron chi connectivity index (χ2n) is 5.87. The number of fused-ring (bicyclic) bond motifs is 1. The highest BCUT2D eigenvalue weighted by Crippen LogP contribution is 2.21. The summed E-state index contributed by atoms with van der Waals surface area (Å²) in [6.45, 7) is 4.94. The Morgan fingerprint density at radius 3 is 2.71 bits per heavy atom. The lowest BCUT2D eigenvalue weighted by atomic mass is 10.1. The van der Waals surface area contributed by atoms with Crippen molar-refractivity contribution in [2.75, 3.05) is 18.4 Å². The van der Waals surface area contributed by atoms with Gasteiger partial charge in [-0.05, 0) is 0 Å². The number of nitrogens with one attached hydrogen (secondary N) is 2. The van der Waals surface area contributed by atoms with E-state index >= 15 is 0 Å². The van der Waals surface area contributed by atoms with E-state index in [9.17, 15) is 4.79 Å². The summed E-state index contributed by atoms with van der Waals surface area (Å²) in [5, 5.41) is 10.5. The molecule has 0 saturated heterocycles. The Labute approximate surface area is 140 Å². The van der Waals surface area contributed by atoms with E-state index in [1.165, 1.54) is 0 Å². The molecule has 0 radical (unpaired) electrons. The van der Waals surface area contributed by atoms with Gasteiger partial charge in [-0.3, -0.25) is 4.79 Å². The topological polar surface area (TPSA) is 71.3 Å². The van der Waals surface area contributed by atoms with Crippen LogP contribution in [0.5, 0.6) is 0 Å². The highest BCUT2D eigenvalue weighted by Gasteiger charge is 2.09. The van der Waals surface area contributed by atoms with Crippen LogP contribution < -0.4 is 10.6 Å². The quantitative estimate of drug-likeness (QED) is 0.684. The summed E-state index contributed by atoms with van der Waals surface area (Å²) in [4.78, 5) is 16.2. The normalized spacial score (nSPS) is 11.0. The molecule has 1 amide bonds. The zero-order valence-electron chi connectivity index (χ0n) is 13.9. The minimum Gasteiger partial charge on any atom is -0.368 e. The number of anilines is 1. The van der Waals surface area contributed by atoms with Gasteiger partial charge in [0, 0.05) is 36.7 Å². The first-order valence-corrected chi connectivity index (χ1v) is 8.07. The molecule has 0 unspecified atom stereocenters. The van der Waals surface area contributed by atoms with E-state index < -0.39 is 0 Å². The smallest absolute Gasteiger partial charge is 0.222 e. The Bertz CT molecular complexity index is 826. The van der Waals surface area contributed by atoms with Gasteiger partial charge in [0.05, 0.1) is 11.9 Å². The van der Waals surface area contributed by atoms with Gasteiger partial charge in [0.2, 0.25) is 5.91 Å². The number of carbonyl (C=O) groups excluding carboxylic acids is 1. The SMILES string of the molecule is CC(C)C(=O)NCCNc1cc(-c2ccccc2)nc2ccnn12. The molecule has 1 aromatic carbocycles. The van der Waals surface area contributed by atoms with Crippen LogP contribution in [-0.2, 0) is 4.79 Å². The molecular weight excluding hydrogens is 302 g/mol. The summed E-state index contributed by atoms with van der Waals surface area (Å²) in [6.07, 6.45) is 1.73. The zero-order valence-corrected chi connectivity index (χ0v) is 13.9. The van der Waals surface area contributed by atoms with Gasteiger partial charge in [0.25, 0.3) is 0 Å². The molecule has 24 heavy (non-hydrogen) atoms. The Morgan fingerprint density at radius 1 is 1.17 bits per heavy atom. The van der Waals surface area contributed by atoms with Gasteiger partial charge in [-0.1, -0.05) is 44.2 Å². The summed E-state index contributed by atoms with van der Waals surface area (Å²) in [6, 6.07) is 13.9. The van der Waals surface area contributed by atoms with Crippen LogP contribution in [0.2, 0.25) is 0 Å². The molecule has 2 heterocycles. The van der Waals surface area contributed by atoms with Crippen molar-refractivity contribution in [1.29, 1.82) is 0 Å². The van der Waals surface area contributed by atoms with Gasteiger partial charge in [0.15, 0.2) is 5.65 Å². The van der Waals surface area contributed by atoms with E-state index in [0.717, 1.165) is 22.7 Å². The Kier molecular flexibility index (Phi) is 4.74. The third kappa shape index (κ3) is 3.53. The van der Waals surface area contributed by atoms with Crippen LogP contribution in [0.25, 0.3) is 16.9 Å². The first kappa shape index (κ1) is 16.0. The van der Waals surface area contributed by atoms with Crippen molar-refractivity contribution in [3.63, 3.8) is 0 Å². The molecule has 0 bridgehead atoms. The second kappa shape index (κ2) is 7.12. The Hall–Kier alpha value is -2.89. The molecule has 0 aliphatic carbocycles. The molecule has 0 aliphatic heterocycles. The van der Waals surface area contributed by atoms with E-state index in [1.807, 2.05) is 56.3 Å². The van der Waals surface area contributed by atoms with Crippen LogP contribution in [0.15, 0.2) is 48.7 Å². The number of aromatic nitrogens is 3. The maximum absolute atomic E-state index is 11.6. The molecule has 0 spiro atoms. The molecule has 3 aromatic rings. The minimum atomic E-state index is -0.00608. The predicted molar refractivity (Wildman–Crippen MR) is 94.8 cm³/mol. The van der Waals surface area contributed by atoms with E-state index in [2.05, 4.69) is 20.7 Å². The van der Waals surface area contributed by atoms with Gasteiger partial charge < -0.3 is 10.6 Å². The van der Waals surface area contributed by atoms with Crippen molar-refractivity contribution in [2.24, 2.45) is 5.92 Å². The molecular formula is C18H21N5O. The van der Waals surface area contributed by atoms with Gasteiger partial charge in [-0.25, -0.2) is 4.98 Å². The lowest BCUT2D eigenvalue weighted by molar-refractivity contribution is -0.123. The van der Waals surface area contributed by atoms with Crippen LogP contribution >= 0.6 is 0 Å². The van der Waals surface area contributed by atoms with Gasteiger partial charge >= 0.3 is 0 Å². The Morgan fingerprint density at radius 2 is 1.96 bits per heavy atom. The monoisotopic (exact) mass is 323 g/mol. The average molecular weight is 323 g/mol. The molecule has 124 valence electrons. The van der Waals surface area contributed by atoms with Crippen molar-refractivity contribution in [3.8, 4) is 11.3 Å². The molecule has 0 fully saturated rings. The average Bonchev–Trinajstić information content (AvgIpc) is 3.07. The fourth-order valence-corrected chi connectivity index (χ4v) is 2.38. The van der Waals surface area contributed by atoms with E-state index in [1.54, 1.807) is 10.7 Å². The van der Waals surface area contributed by atoms with Crippen LogP contribution in [0.1, 0.15) is 13.8 Å². The number of hydrogen-bond acceptors (Lipinski definition) is 4. The Balaban J connectivity index is 1.77. The summed E-state index contributed by atoms with van der Waals surface area (Å²) < 4.78 is 1.76. The fraction of sp³-hybridized carbons (Fsp3) is 0.278. The van der Waals surface area contributed by atoms with E-state index in [4.69, 9.17) is 0 Å². The first-order valence-electron chi connectivity index (χ1n) is 8.07. The van der Waals surface area contributed by atoms with Crippen molar-refractivity contribution in [3.05, 3.63) is 48.7 Å². The number of carbonyl (C=O) groups is 1. The number of nitrogens with zero attached hydrogens (tertiary/aromatic N) is 3. The van der Waals surface area contributed by atoms with Crippen molar-refractivity contribution < 1.29 is 4.79 Å². The third-order valence-corrected chi connectivity index (χ3v) is 3.68. The molecule has 3 rings (SSSR count). The second-order valence-corrected chi connectivity index (χ2v) is 5.87. The number of hydrogen-bond donors (Lipinski definition) is 2. The lowest BCUT2D eigenvalue weighted by Crippen LogP contribution is -2.32. The predicted octanol–water partition coefficient (Wildman–Crippen LogP) is 2.58. The van der Waals surface area contributed by atoms with Gasteiger partial charge in [-0.15, -0.1) is 0 Å². The third-order valence-electron chi connectivity index (χ3n) is 3.68. The highest BCUT2D eigenvalue weighted by atomic mass is 16.1. The lowest BCUT2D eigenvalue weighted by Gasteiger charge is -2.12.